The van der Waals surface area contributed by atoms with E-state index in [9.17, 15) is 13.2 Å². The molecule has 0 spiro atoms. The summed E-state index contributed by atoms with van der Waals surface area (Å²) in [5, 5.41) is 7.94. The van der Waals surface area contributed by atoms with E-state index in [2.05, 4.69) is 20.2 Å². The molecule has 1 saturated carbocycles. The summed E-state index contributed by atoms with van der Waals surface area (Å²) >= 11 is 6.04. The molecule has 3 rings (SSSR count). The van der Waals surface area contributed by atoms with Gasteiger partial charge in [-0.15, -0.1) is 10.2 Å². The van der Waals surface area contributed by atoms with Crippen molar-refractivity contribution in [2.45, 2.75) is 24.9 Å². The second-order valence-electron chi connectivity index (χ2n) is 5.68. The van der Waals surface area contributed by atoms with Crippen molar-refractivity contribution in [3.63, 3.8) is 0 Å². The van der Waals surface area contributed by atoms with Crippen LogP contribution >= 0.6 is 11.6 Å². The number of nitrogens with zero attached hydrogens (tertiary/aromatic N) is 4. The largest absolute Gasteiger partial charge is 0.480 e. The van der Waals surface area contributed by atoms with E-state index in [0.717, 1.165) is 0 Å². The maximum absolute atomic E-state index is 12.5. The highest BCUT2D eigenvalue weighted by molar-refractivity contribution is 6.30. The number of halogens is 4. The molecule has 0 bridgehead atoms. The van der Waals surface area contributed by atoms with Gasteiger partial charge in [-0.3, -0.25) is 0 Å². The van der Waals surface area contributed by atoms with Gasteiger partial charge < -0.3 is 9.47 Å². The summed E-state index contributed by atoms with van der Waals surface area (Å²) in [7, 11) is 2.85. The number of rotatable bonds is 5. The molecule has 0 saturated heterocycles. The third kappa shape index (κ3) is 3.92. The smallest absolute Gasteiger partial charge is 0.389 e. The number of aromatic nitrogens is 4. The third-order valence-electron chi connectivity index (χ3n) is 3.98. The zero-order valence-corrected chi connectivity index (χ0v) is 14.1. The van der Waals surface area contributed by atoms with Crippen LogP contribution < -0.4 is 9.47 Å². The van der Waals surface area contributed by atoms with Crippen molar-refractivity contribution >= 4 is 11.6 Å². The van der Waals surface area contributed by atoms with Gasteiger partial charge in [-0.05, 0) is 29.9 Å². The first-order chi connectivity index (χ1) is 11.8. The SMILES string of the molecule is COc1ncc(-c2cc([C@@H]3C[C@H]3CC(F)(F)F)c(Cl)nn2)c(OC)n1. The average molecular weight is 375 g/mol. The fourth-order valence-electron chi connectivity index (χ4n) is 2.71. The zero-order valence-electron chi connectivity index (χ0n) is 13.3. The van der Waals surface area contributed by atoms with E-state index in [1.165, 1.54) is 20.4 Å². The predicted molar refractivity (Wildman–Crippen MR) is 82.7 cm³/mol. The van der Waals surface area contributed by atoms with Gasteiger partial charge in [0.25, 0.3) is 0 Å². The number of ether oxygens (including phenoxy) is 2. The van der Waals surface area contributed by atoms with E-state index >= 15 is 0 Å². The Bertz CT molecular complexity index is 788. The van der Waals surface area contributed by atoms with Gasteiger partial charge in [0.15, 0.2) is 5.15 Å². The highest BCUT2D eigenvalue weighted by Gasteiger charge is 2.46. The van der Waals surface area contributed by atoms with Crippen molar-refractivity contribution < 1.29 is 22.6 Å². The molecule has 0 N–H and O–H groups in total. The van der Waals surface area contributed by atoms with E-state index in [1.807, 2.05) is 0 Å². The van der Waals surface area contributed by atoms with Crippen molar-refractivity contribution in [2.75, 3.05) is 14.2 Å². The molecule has 1 aliphatic rings. The van der Waals surface area contributed by atoms with E-state index in [-0.39, 0.29) is 23.0 Å². The van der Waals surface area contributed by atoms with E-state index in [4.69, 9.17) is 21.1 Å². The molecule has 1 aliphatic carbocycles. The van der Waals surface area contributed by atoms with Gasteiger partial charge in [0.1, 0.15) is 5.69 Å². The van der Waals surface area contributed by atoms with Crippen LogP contribution in [-0.4, -0.2) is 40.6 Å². The fraction of sp³-hybridized carbons (Fsp3) is 0.467. The van der Waals surface area contributed by atoms with Crippen LogP contribution in [0.25, 0.3) is 11.3 Å². The predicted octanol–water partition coefficient (Wildman–Crippen LogP) is 3.66. The third-order valence-corrected chi connectivity index (χ3v) is 4.27. The summed E-state index contributed by atoms with van der Waals surface area (Å²) in [5.41, 5.74) is 1.36. The van der Waals surface area contributed by atoms with Crippen LogP contribution in [0.3, 0.4) is 0 Å². The summed E-state index contributed by atoms with van der Waals surface area (Å²) in [6, 6.07) is 1.74. The minimum Gasteiger partial charge on any atom is -0.480 e. The van der Waals surface area contributed by atoms with Gasteiger partial charge in [-0.25, -0.2) is 4.98 Å². The molecule has 134 valence electrons. The molecule has 0 unspecified atom stereocenters. The Morgan fingerprint density at radius 2 is 2.00 bits per heavy atom. The second-order valence-corrected chi connectivity index (χ2v) is 6.03. The highest BCUT2D eigenvalue weighted by atomic mass is 35.5. The minimum absolute atomic E-state index is 0.104. The summed E-state index contributed by atoms with van der Waals surface area (Å²) in [6.45, 7) is 0. The van der Waals surface area contributed by atoms with Crippen molar-refractivity contribution in [1.82, 2.24) is 20.2 Å². The lowest BCUT2D eigenvalue weighted by molar-refractivity contribution is -0.138. The minimum atomic E-state index is -4.19. The number of alkyl halides is 3. The van der Waals surface area contributed by atoms with Crippen molar-refractivity contribution in [2.24, 2.45) is 5.92 Å². The Labute approximate surface area is 146 Å². The molecular weight excluding hydrogens is 361 g/mol. The second kappa shape index (κ2) is 6.62. The van der Waals surface area contributed by atoms with Crippen molar-refractivity contribution in [3.05, 3.63) is 23.0 Å². The summed E-state index contributed by atoms with van der Waals surface area (Å²) in [6.07, 6.45) is -3.16. The summed E-state index contributed by atoms with van der Waals surface area (Å²) in [5.74, 6) is -0.547. The average Bonchev–Trinajstić information content (AvgIpc) is 3.31. The molecule has 6 nitrogen and oxygen atoms in total. The lowest BCUT2D eigenvalue weighted by Crippen LogP contribution is -2.08. The van der Waals surface area contributed by atoms with Crippen molar-refractivity contribution in [1.29, 1.82) is 0 Å². The first kappa shape index (κ1) is 17.7. The number of methoxy groups -OCH3 is 2. The molecule has 0 aliphatic heterocycles. The zero-order chi connectivity index (χ0) is 18.2. The number of hydrogen-bond acceptors (Lipinski definition) is 6. The van der Waals surface area contributed by atoms with E-state index < -0.39 is 18.5 Å². The molecule has 2 aromatic heterocycles. The first-order valence-corrected chi connectivity index (χ1v) is 7.75. The Balaban J connectivity index is 1.91. The van der Waals surface area contributed by atoms with Crippen LogP contribution in [0.1, 0.15) is 24.3 Å². The Morgan fingerprint density at radius 3 is 2.64 bits per heavy atom. The standard InChI is InChI=1S/C15H14ClF3N4O2/c1-24-13-10(6-20-14(21-13)25-2)11-4-9(12(16)23-22-11)8-3-7(8)5-15(17,18)19/h4,6-8H,3,5H2,1-2H3/t7-,8+/m0/s1. The molecule has 25 heavy (non-hydrogen) atoms. The van der Waals surface area contributed by atoms with Gasteiger partial charge in [0.05, 0.1) is 19.8 Å². The molecule has 2 heterocycles. The van der Waals surface area contributed by atoms with Gasteiger partial charge in [-0.2, -0.15) is 18.2 Å². The molecule has 0 amide bonds. The molecule has 2 atom stereocenters. The fourth-order valence-corrected chi connectivity index (χ4v) is 2.95. The quantitative estimate of drug-likeness (QED) is 0.795. The number of hydrogen-bond donors (Lipinski definition) is 0. The lowest BCUT2D eigenvalue weighted by atomic mass is 10.1. The van der Waals surface area contributed by atoms with E-state index in [1.54, 1.807) is 6.07 Å². The van der Waals surface area contributed by atoms with Crippen LogP contribution in [0.4, 0.5) is 13.2 Å². The lowest BCUT2D eigenvalue weighted by Gasteiger charge is -2.10. The maximum atomic E-state index is 12.5. The van der Waals surface area contributed by atoms with Crippen LogP contribution in [-0.2, 0) is 0 Å². The van der Waals surface area contributed by atoms with Gasteiger partial charge in [-0.1, -0.05) is 11.6 Å². The highest BCUT2D eigenvalue weighted by Crippen LogP contribution is 2.54. The molecule has 10 heteroatoms. The Hall–Kier alpha value is -2.16. The Kier molecular flexibility index (Phi) is 4.68. The summed E-state index contributed by atoms with van der Waals surface area (Å²) in [4.78, 5) is 8.05. The van der Waals surface area contributed by atoms with Gasteiger partial charge in [0, 0.05) is 12.6 Å². The molecular formula is C15H14ClF3N4O2. The summed E-state index contributed by atoms with van der Waals surface area (Å²) < 4.78 is 47.8. The normalized spacial score (nSPS) is 19.6. The topological polar surface area (TPSA) is 70.0 Å². The van der Waals surface area contributed by atoms with Crippen LogP contribution in [0.2, 0.25) is 5.15 Å². The maximum Gasteiger partial charge on any atom is 0.389 e. The van der Waals surface area contributed by atoms with Gasteiger partial charge in [0.2, 0.25) is 5.88 Å². The van der Waals surface area contributed by atoms with E-state index in [0.29, 0.717) is 23.2 Å². The molecule has 1 fully saturated rings. The Morgan fingerprint density at radius 1 is 1.24 bits per heavy atom. The monoisotopic (exact) mass is 374 g/mol. The molecule has 2 aromatic rings. The molecule has 0 radical (unpaired) electrons. The van der Waals surface area contributed by atoms with Crippen LogP contribution in [0.5, 0.6) is 11.9 Å². The first-order valence-electron chi connectivity index (χ1n) is 7.37. The van der Waals surface area contributed by atoms with Crippen molar-refractivity contribution in [3.8, 4) is 23.1 Å². The van der Waals surface area contributed by atoms with Crippen LogP contribution in [0.15, 0.2) is 12.3 Å². The molecule has 0 aromatic carbocycles. The van der Waals surface area contributed by atoms with Gasteiger partial charge >= 0.3 is 12.2 Å². The van der Waals surface area contributed by atoms with Crippen LogP contribution in [0, 0.1) is 5.92 Å².